The van der Waals surface area contributed by atoms with E-state index < -0.39 is 0 Å². The molecule has 0 saturated heterocycles. The Bertz CT molecular complexity index is 181. The molecule has 1 radical (unpaired) electrons. The molecule has 49 valence electrons. The summed E-state index contributed by atoms with van der Waals surface area (Å²) in [6.07, 6.45) is 1.03. The van der Waals surface area contributed by atoms with Gasteiger partial charge in [0.05, 0.1) is 0 Å². The molecule has 1 nitrogen and oxygen atoms in total. The van der Waals surface area contributed by atoms with Crippen LogP contribution in [0.1, 0.15) is 12.5 Å². The molecule has 0 aromatic heterocycles. The summed E-state index contributed by atoms with van der Waals surface area (Å²) in [6, 6.07) is 7.27. The van der Waals surface area contributed by atoms with Crippen LogP contribution in [0.2, 0.25) is 0 Å². The van der Waals surface area contributed by atoms with Crippen molar-refractivity contribution < 1.29 is 5.11 Å². The van der Waals surface area contributed by atoms with Gasteiger partial charge in [0.2, 0.25) is 0 Å². The summed E-state index contributed by atoms with van der Waals surface area (Å²) in [5.41, 5.74) is 1.26. The van der Waals surface area contributed by atoms with Gasteiger partial charge in [-0.1, -0.05) is 19.1 Å². The van der Waals surface area contributed by atoms with Crippen molar-refractivity contribution in [3.63, 3.8) is 0 Å². The molecule has 1 aromatic carbocycles. The molecule has 0 atom stereocenters. The van der Waals surface area contributed by atoms with Gasteiger partial charge in [-0.25, -0.2) is 0 Å². The van der Waals surface area contributed by atoms with Crippen molar-refractivity contribution in [2.24, 2.45) is 0 Å². The van der Waals surface area contributed by atoms with Gasteiger partial charge in [0.15, 0.2) is 0 Å². The van der Waals surface area contributed by atoms with Gasteiger partial charge in [-0.05, 0) is 24.1 Å². The Labute approximate surface area is 83.4 Å². The Kier molecular flexibility index (Phi) is 4.79. The van der Waals surface area contributed by atoms with Gasteiger partial charge in [0.1, 0.15) is 5.75 Å². The fourth-order valence-corrected chi connectivity index (χ4v) is 0.732. The number of hydrogen-bond donors (Lipinski definition) is 1. The number of phenolic OH excluding ortho intramolecular Hbond substituents is 1. The third-order valence-corrected chi connectivity index (χ3v) is 1.34. The molecule has 0 aliphatic carbocycles. The maximum absolute atomic E-state index is 8.85. The molecule has 0 unspecified atom stereocenters. The molecule has 0 fully saturated rings. The first kappa shape index (κ1) is 10.0. The van der Waals surface area contributed by atoms with Gasteiger partial charge in [-0.2, -0.15) is 0 Å². The normalized spacial score (nSPS) is 8.50. The van der Waals surface area contributed by atoms with Crippen LogP contribution in [0.15, 0.2) is 24.3 Å². The van der Waals surface area contributed by atoms with E-state index in [-0.39, 0.29) is 29.6 Å². The van der Waals surface area contributed by atoms with Crippen LogP contribution in [-0.4, -0.2) is 34.7 Å². The van der Waals surface area contributed by atoms with Crippen molar-refractivity contribution in [3.8, 4) is 5.75 Å². The smallest absolute Gasteiger partial charge is 0.115 e. The molecule has 0 saturated carbocycles. The minimum Gasteiger partial charge on any atom is -0.508 e. The second-order valence-corrected chi connectivity index (χ2v) is 2.02. The minimum atomic E-state index is 0. The van der Waals surface area contributed by atoms with Crippen LogP contribution < -0.4 is 0 Å². The van der Waals surface area contributed by atoms with E-state index >= 15 is 0 Å². The van der Waals surface area contributed by atoms with E-state index in [1.165, 1.54) is 5.56 Å². The molecule has 0 spiro atoms. The van der Waals surface area contributed by atoms with Crippen LogP contribution in [0.3, 0.4) is 0 Å². The van der Waals surface area contributed by atoms with E-state index in [2.05, 4.69) is 6.92 Å². The van der Waals surface area contributed by atoms with E-state index in [0.29, 0.717) is 5.75 Å². The van der Waals surface area contributed by atoms with Crippen LogP contribution in [-0.2, 0) is 6.42 Å². The van der Waals surface area contributed by atoms with Gasteiger partial charge in [-0.3, -0.25) is 0 Å². The topological polar surface area (TPSA) is 20.2 Å². The predicted octanol–water partition coefficient (Wildman–Crippen LogP) is 1.57. The number of aromatic hydroxyl groups is 1. The molecule has 0 heterocycles. The van der Waals surface area contributed by atoms with Gasteiger partial charge in [0.25, 0.3) is 0 Å². The number of phenols is 1. The summed E-state index contributed by atoms with van der Waals surface area (Å²) in [5, 5.41) is 8.85. The summed E-state index contributed by atoms with van der Waals surface area (Å²) in [6.45, 7) is 2.09. The molecule has 1 aromatic rings. The van der Waals surface area contributed by atoms with Gasteiger partial charge in [-0.15, -0.1) is 0 Å². The van der Waals surface area contributed by atoms with E-state index in [9.17, 15) is 0 Å². The van der Waals surface area contributed by atoms with Crippen LogP contribution in [0.5, 0.6) is 5.75 Å². The van der Waals surface area contributed by atoms with E-state index in [4.69, 9.17) is 5.11 Å². The zero-order valence-corrected chi connectivity index (χ0v) is 8.46. The molecule has 0 amide bonds. The molecule has 10 heavy (non-hydrogen) atoms. The third kappa shape index (κ3) is 2.74. The predicted molar refractivity (Wildman–Crippen MR) is 43.2 cm³/mol. The summed E-state index contributed by atoms with van der Waals surface area (Å²) >= 11 is 0. The summed E-state index contributed by atoms with van der Waals surface area (Å²) in [4.78, 5) is 0. The van der Waals surface area contributed by atoms with Crippen LogP contribution >= 0.6 is 0 Å². The number of hydrogen-bond acceptors (Lipinski definition) is 1. The molecule has 2 heteroatoms. The molecular weight excluding hydrogens is 135 g/mol. The average molecular weight is 145 g/mol. The Balaban J connectivity index is 0.000000810. The van der Waals surface area contributed by atoms with Crippen LogP contribution in [0.25, 0.3) is 0 Å². The van der Waals surface area contributed by atoms with Crippen molar-refractivity contribution in [1.82, 2.24) is 0 Å². The standard InChI is InChI=1S/C8H10O.Na/c1-2-7-3-5-8(9)6-4-7;/h3-6,9H,2H2,1H3;. The Morgan fingerprint density at radius 3 is 2.10 bits per heavy atom. The van der Waals surface area contributed by atoms with Crippen molar-refractivity contribution in [2.45, 2.75) is 13.3 Å². The molecule has 1 rings (SSSR count). The van der Waals surface area contributed by atoms with E-state index in [1.54, 1.807) is 12.1 Å². The second kappa shape index (κ2) is 4.78. The fraction of sp³-hybridized carbons (Fsp3) is 0.250. The van der Waals surface area contributed by atoms with Crippen LogP contribution in [0, 0.1) is 0 Å². The summed E-state index contributed by atoms with van der Waals surface area (Å²) < 4.78 is 0. The average Bonchev–Trinajstić information content (AvgIpc) is 1.90. The zero-order chi connectivity index (χ0) is 6.69. The number of benzene rings is 1. The van der Waals surface area contributed by atoms with Crippen molar-refractivity contribution >= 4 is 29.6 Å². The first-order chi connectivity index (χ1) is 4.33. The molecular formula is C8H10NaO. The monoisotopic (exact) mass is 145 g/mol. The summed E-state index contributed by atoms with van der Waals surface area (Å²) in [7, 11) is 0. The van der Waals surface area contributed by atoms with E-state index in [1.807, 2.05) is 12.1 Å². The third-order valence-electron chi connectivity index (χ3n) is 1.34. The van der Waals surface area contributed by atoms with Gasteiger partial charge < -0.3 is 5.11 Å². The maximum Gasteiger partial charge on any atom is 0.115 e. The maximum atomic E-state index is 8.85. The van der Waals surface area contributed by atoms with E-state index in [0.717, 1.165) is 6.42 Å². The number of aryl methyl sites for hydroxylation is 1. The van der Waals surface area contributed by atoms with Gasteiger partial charge in [0, 0.05) is 29.6 Å². The Morgan fingerprint density at radius 2 is 1.70 bits per heavy atom. The van der Waals surface area contributed by atoms with Crippen LogP contribution in [0.4, 0.5) is 0 Å². The Hall–Kier alpha value is 0.0200. The second-order valence-electron chi connectivity index (χ2n) is 2.02. The number of rotatable bonds is 1. The zero-order valence-electron chi connectivity index (χ0n) is 6.46. The first-order valence-electron chi connectivity index (χ1n) is 3.11. The molecule has 1 N–H and O–H groups in total. The fourth-order valence-electron chi connectivity index (χ4n) is 0.732. The Morgan fingerprint density at radius 1 is 1.20 bits per heavy atom. The largest absolute Gasteiger partial charge is 0.508 e. The van der Waals surface area contributed by atoms with Crippen molar-refractivity contribution in [1.29, 1.82) is 0 Å². The molecule has 0 aliphatic rings. The summed E-state index contributed by atoms with van der Waals surface area (Å²) in [5.74, 6) is 0.340. The van der Waals surface area contributed by atoms with Gasteiger partial charge >= 0.3 is 0 Å². The SMILES string of the molecule is CCc1ccc(O)cc1.[Na]. The quantitative estimate of drug-likeness (QED) is 0.595. The molecule has 0 bridgehead atoms. The van der Waals surface area contributed by atoms with Crippen molar-refractivity contribution in [2.75, 3.05) is 0 Å². The first-order valence-corrected chi connectivity index (χ1v) is 3.11. The van der Waals surface area contributed by atoms with Crippen molar-refractivity contribution in [3.05, 3.63) is 29.8 Å². The molecule has 0 aliphatic heterocycles. The minimum absolute atomic E-state index is 0.